The molecule has 1 aliphatic rings. The molecule has 1 N–H and O–H groups in total. The van der Waals surface area contributed by atoms with Crippen molar-refractivity contribution in [1.29, 1.82) is 0 Å². The molecule has 1 saturated heterocycles. The molecule has 6 nitrogen and oxygen atoms in total. The van der Waals surface area contributed by atoms with E-state index in [4.69, 9.17) is 4.74 Å². The highest BCUT2D eigenvalue weighted by Gasteiger charge is 2.48. The van der Waals surface area contributed by atoms with E-state index in [0.717, 1.165) is 15.8 Å². The predicted octanol–water partition coefficient (Wildman–Crippen LogP) is 5.24. The van der Waals surface area contributed by atoms with E-state index < -0.39 is 17.7 Å². The number of ether oxygens (including phenoxy) is 1. The van der Waals surface area contributed by atoms with E-state index >= 15 is 0 Å². The smallest absolute Gasteiger partial charge is 0.301 e. The molecule has 7 heteroatoms. The van der Waals surface area contributed by atoms with Crippen LogP contribution in [-0.4, -0.2) is 28.9 Å². The van der Waals surface area contributed by atoms with Gasteiger partial charge < -0.3 is 9.84 Å². The average Bonchev–Trinajstić information content (AvgIpc) is 3.37. The van der Waals surface area contributed by atoms with Gasteiger partial charge >= 0.3 is 5.91 Å². The highest BCUT2D eigenvalue weighted by atomic mass is 32.1. The zero-order chi connectivity index (χ0) is 23.1. The highest BCUT2D eigenvalue weighted by Crippen LogP contribution is 2.44. The second-order valence-electron chi connectivity index (χ2n) is 7.78. The number of thiazole rings is 1. The minimum Gasteiger partial charge on any atom is -0.507 e. The molecule has 4 aromatic rings. The first-order valence-corrected chi connectivity index (χ1v) is 11.2. The van der Waals surface area contributed by atoms with E-state index in [9.17, 15) is 14.7 Å². The fourth-order valence-electron chi connectivity index (χ4n) is 4.03. The number of aromatic nitrogens is 1. The molecule has 0 saturated carbocycles. The standard InChI is InChI=1S/C26H20N2O4S/c1-15-11-12-19-20(13-15)33-26(27-19)28-22(17-9-6-10-18(14-17)32-2)21(24(30)25(28)31)23(29)16-7-4-3-5-8-16/h3-14,22,29H,1-2H3/b23-21+/t22-/m1/s1. The van der Waals surface area contributed by atoms with Crippen molar-refractivity contribution in [2.45, 2.75) is 13.0 Å². The number of aliphatic hydroxyl groups excluding tert-OH is 1. The first-order chi connectivity index (χ1) is 16.0. The van der Waals surface area contributed by atoms with Crippen LogP contribution < -0.4 is 9.64 Å². The van der Waals surface area contributed by atoms with Crippen molar-refractivity contribution in [2.24, 2.45) is 0 Å². The summed E-state index contributed by atoms with van der Waals surface area (Å²) in [6, 6.07) is 20.9. The van der Waals surface area contributed by atoms with Crippen molar-refractivity contribution in [1.82, 2.24) is 4.98 Å². The van der Waals surface area contributed by atoms with Crippen molar-refractivity contribution in [2.75, 3.05) is 12.0 Å². The molecule has 3 aromatic carbocycles. The van der Waals surface area contributed by atoms with Gasteiger partial charge in [0.05, 0.1) is 28.9 Å². The number of amides is 1. The lowest BCUT2D eigenvalue weighted by atomic mass is 9.95. The van der Waals surface area contributed by atoms with E-state index in [1.807, 2.05) is 37.3 Å². The second-order valence-corrected chi connectivity index (χ2v) is 8.79. The third-order valence-electron chi connectivity index (χ3n) is 5.64. The quantitative estimate of drug-likeness (QED) is 0.258. The number of ketones is 1. The van der Waals surface area contributed by atoms with Gasteiger partial charge in [0, 0.05) is 5.56 Å². The SMILES string of the molecule is COc1cccc([C@@H]2/C(=C(\O)c3ccccc3)C(=O)C(=O)N2c2nc3ccc(C)cc3s2)c1. The van der Waals surface area contributed by atoms with Gasteiger partial charge in [0.2, 0.25) is 0 Å². The van der Waals surface area contributed by atoms with E-state index in [2.05, 4.69) is 4.98 Å². The lowest BCUT2D eigenvalue weighted by Gasteiger charge is -2.23. The first-order valence-electron chi connectivity index (χ1n) is 10.4. The summed E-state index contributed by atoms with van der Waals surface area (Å²) in [4.78, 5) is 32.6. The number of aliphatic hydroxyl groups is 1. The molecule has 0 aliphatic carbocycles. The third-order valence-corrected chi connectivity index (χ3v) is 6.66. The van der Waals surface area contributed by atoms with Gasteiger partial charge in [-0.15, -0.1) is 0 Å². The van der Waals surface area contributed by atoms with Crippen LogP contribution in [0.2, 0.25) is 0 Å². The molecule has 0 bridgehead atoms. The van der Waals surface area contributed by atoms with Crippen molar-refractivity contribution < 1.29 is 19.4 Å². The Balaban J connectivity index is 1.74. The average molecular weight is 457 g/mol. The van der Waals surface area contributed by atoms with Crippen LogP contribution in [0, 0.1) is 6.92 Å². The summed E-state index contributed by atoms with van der Waals surface area (Å²) in [7, 11) is 1.55. The summed E-state index contributed by atoms with van der Waals surface area (Å²) in [6.07, 6.45) is 0. The monoisotopic (exact) mass is 456 g/mol. The van der Waals surface area contributed by atoms with Gasteiger partial charge in [0.15, 0.2) is 5.13 Å². The summed E-state index contributed by atoms with van der Waals surface area (Å²) < 4.78 is 6.29. The Bertz CT molecular complexity index is 1420. The number of hydrogen-bond donors (Lipinski definition) is 1. The number of aryl methyl sites for hydroxylation is 1. The first kappa shape index (κ1) is 20.9. The normalized spacial score (nSPS) is 17.6. The van der Waals surface area contributed by atoms with Crippen LogP contribution >= 0.6 is 11.3 Å². The summed E-state index contributed by atoms with van der Waals surface area (Å²) in [6.45, 7) is 1.99. The molecule has 0 spiro atoms. The zero-order valence-electron chi connectivity index (χ0n) is 18.0. The summed E-state index contributed by atoms with van der Waals surface area (Å²) in [5, 5.41) is 11.5. The zero-order valence-corrected chi connectivity index (χ0v) is 18.8. The number of Topliss-reactive ketones (excluding diaryl/α,β-unsaturated/α-hetero) is 1. The molecule has 2 heterocycles. The lowest BCUT2D eigenvalue weighted by Crippen LogP contribution is -2.29. The Kier molecular flexibility index (Phi) is 5.18. The third kappa shape index (κ3) is 3.56. The molecule has 0 unspecified atom stereocenters. The number of hydrogen-bond acceptors (Lipinski definition) is 6. The Labute approximate surface area is 194 Å². The van der Waals surface area contributed by atoms with Crippen molar-refractivity contribution >= 4 is 44.1 Å². The molecule has 33 heavy (non-hydrogen) atoms. The number of anilines is 1. The fourth-order valence-corrected chi connectivity index (χ4v) is 5.12. The molecule has 0 radical (unpaired) electrons. The van der Waals surface area contributed by atoms with E-state index in [-0.39, 0.29) is 11.3 Å². The topological polar surface area (TPSA) is 79.7 Å². The Morgan fingerprint density at radius 3 is 2.58 bits per heavy atom. The minimum absolute atomic E-state index is 0.0230. The maximum absolute atomic E-state index is 13.3. The van der Waals surface area contributed by atoms with Gasteiger partial charge in [-0.25, -0.2) is 4.98 Å². The minimum atomic E-state index is -0.845. The number of methoxy groups -OCH3 is 1. The van der Waals surface area contributed by atoms with Crippen LogP contribution in [0.15, 0.2) is 78.4 Å². The summed E-state index contributed by atoms with van der Waals surface area (Å²) >= 11 is 1.34. The van der Waals surface area contributed by atoms with Crippen LogP contribution in [0.5, 0.6) is 5.75 Å². The molecule has 5 rings (SSSR count). The van der Waals surface area contributed by atoms with Crippen LogP contribution in [-0.2, 0) is 9.59 Å². The predicted molar refractivity (Wildman–Crippen MR) is 129 cm³/mol. The number of nitrogens with zero attached hydrogens (tertiary/aromatic N) is 2. The van der Waals surface area contributed by atoms with E-state index in [1.54, 1.807) is 49.6 Å². The van der Waals surface area contributed by atoms with Gasteiger partial charge in [-0.2, -0.15) is 0 Å². The summed E-state index contributed by atoms with van der Waals surface area (Å²) in [5.74, 6) is -1.12. The molecule has 164 valence electrons. The summed E-state index contributed by atoms with van der Waals surface area (Å²) in [5.41, 5.74) is 2.95. The Morgan fingerprint density at radius 1 is 1.03 bits per heavy atom. The van der Waals surface area contributed by atoms with Gasteiger partial charge in [0.25, 0.3) is 5.78 Å². The fraction of sp³-hybridized carbons (Fsp3) is 0.115. The number of carbonyl (C=O) groups is 2. The van der Waals surface area contributed by atoms with Crippen LogP contribution in [0.1, 0.15) is 22.7 Å². The van der Waals surface area contributed by atoms with Gasteiger partial charge in [0.1, 0.15) is 11.5 Å². The molecule has 1 aromatic heterocycles. The molecular formula is C26H20N2O4S. The number of fused-ring (bicyclic) bond motifs is 1. The second kappa shape index (κ2) is 8.18. The number of carbonyl (C=O) groups excluding carboxylic acids is 2. The highest BCUT2D eigenvalue weighted by molar-refractivity contribution is 7.22. The Hall–Kier alpha value is -3.97. The molecule has 1 aliphatic heterocycles. The molecule has 1 atom stereocenters. The van der Waals surface area contributed by atoms with Crippen molar-refractivity contribution in [3.8, 4) is 5.75 Å². The molecule has 1 fully saturated rings. The number of rotatable bonds is 4. The maximum atomic E-state index is 13.3. The van der Waals surface area contributed by atoms with Crippen LogP contribution in [0.3, 0.4) is 0 Å². The number of benzene rings is 3. The largest absolute Gasteiger partial charge is 0.507 e. The van der Waals surface area contributed by atoms with E-state index in [0.29, 0.717) is 22.0 Å². The van der Waals surface area contributed by atoms with E-state index in [1.165, 1.54) is 16.2 Å². The molecule has 1 amide bonds. The van der Waals surface area contributed by atoms with Crippen LogP contribution in [0.4, 0.5) is 5.13 Å². The van der Waals surface area contributed by atoms with Gasteiger partial charge in [-0.05, 0) is 42.3 Å². The van der Waals surface area contributed by atoms with Crippen molar-refractivity contribution in [3.63, 3.8) is 0 Å². The lowest BCUT2D eigenvalue weighted by molar-refractivity contribution is -0.132. The van der Waals surface area contributed by atoms with Gasteiger partial charge in [-0.3, -0.25) is 14.5 Å². The van der Waals surface area contributed by atoms with Gasteiger partial charge in [-0.1, -0.05) is 59.9 Å². The van der Waals surface area contributed by atoms with Crippen molar-refractivity contribution in [3.05, 3.63) is 95.1 Å². The molecular weight excluding hydrogens is 436 g/mol. The Morgan fingerprint density at radius 2 is 1.82 bits per heavy atom. The van der Waals surface area contributed by atoms with Crippen LogP contribution in [0.25, 0.3) is 16.0 Å². The maximum Gasteiger partial charge on any atom is 0.301 e.